The van der Waals surface area contributed by atoms with E-state index < -0.39 is 0 Å². The molecule has 1 rings (SSSR count). The molecule has 100 valence electrons. The first-order chi connectivity index (χ1) is 8.62. The Labute approximate surface area is 107 Å². The number of aryl methyl sites for hydroxylation is 1. The summed E-state index contributed by atoms with van der Waals surface area (Å²) < 4.78 is 5.07. The van der Waals surface area contributed by atoms with Crippen LogP contribution in [0, 0.1) is 6.92 Å². The van der Waals surface area contributed by atoms with Gasteiger partial charge in [0, 0.05) is 31.5 Å². The zero-order chi connectivity index (χ0) is 13.5. The van der Waals surface area contributed by atoms with Gasteiger partial charge in [-0.2, -0.15) is 0 Å². The minimum Gasteiger partial charge on any atom is -0.409 e. The molecule has 0 spiro atoms. The Kier molecular flexibility index (Phi) is 5.38. The first kappa shape index (κ1) is 14.2. The van der Waals surface area contributed by atoms with E-state index in [2.05, 4.69) is 15.0 Å². The Morgan fingerprint density at radius 2 is 2.28 bits per heavy atom. The van der Waals surface area contributed by atoms with E-state index in [1.165, 1.54) is 0 Å². The van der Waals surface area contributed by atoms with Gasteiger partial charge in [-0.25, -0.2) is 4.98 Å². The number of oxime groups is 1. The Morgan fingerprint density at radius 3 is 2.83 bits per heavy atom. The van der Waals surface area contributed by atoms with Gasteiger partial charge in [-0.05, 0) is 26.0 Å². The van der Waals surface area contributed by atoms with Gasteiger partial charge in [-0.1, -0.05) is 5.16 Å². The average molecular weight is 252 g/mol. The van der Waals surface area contributed by atoms with Crippen LogP contribution in [-0.4, -0.2) is 42.8 Å². The van der Waals surface area contributed by atoms with Gasteiger partial charge in [-0.15, -0.1) is 0 Å². The fourth-order valence-corrected chi connectivity index (χ4v) is 1.65. The van der Waals surface area contributed by atoms with E-state index in [1.807, 2.05) is 13.8 Å². The number of methoxy groups -OCH3 is 1. The molecule has 0 aliphatic rings. The summed E-state index contributed by atoms with van der Waals surface area (Å²) in [4.78, 5) is 6.53. The number of hydrogen-bond acceptors (Lipinski definition) is 5. The Hall–Kier alpha value is -1.82. The van der Waals surface area contributed by atoms with E-state index in [4.69, 9.17) is 15.7 Å². The molecule has 18 heavy (non-hydrogen) atoms. The van der Waals surface area contributed by atoms with Crippen molar-refractivity contribution in [2.45, 2.75) is 13.8 Å². The molecular weight excluding hydrogens is 232 g/mol. The van der Waals surface area contributed by atoms with Crippen LogP contribution in [0.15, 0.2) is 17.3 Å². The standard InChI is InChI=1S/C12H20N4O2/c1-4-16(5-6-18-3)11-8-10(12(13)15-17)7-9(2)14-11/h7-8,17H,4-6H2,1-3H3,(H2,13,15). The summed E-state index contributed by atoms with van der Waals surface area (Å²) in [7, 11) is 1.67. The van der Waals surface area contributed by atoms with Crippen molar-refractivity contribution in [3.8, 4) is 0 Å². The van der Waals surface area contributed by atoms with Gasteiger partial charge in [0.15, 0.2) is 5.84 Å². The lowest BCUT2D eigenvalue weighted by Gasteiger charge is -2.22. The molecular formula is C12H20N4O2. The van der Waals surface area contributed by atoms with Gasteiger partial charge in [-0.3, -0.25) is 0 Å². The molecule has 0 radical (unpaired) electrons. The number of nitrogens with zero attached hydrogens (tertiary/aromatic N) is 3. The van der Waals surface area contributed by atoms with Crippen molar-refractivity contribution in [3.05, 3.63) is 23.4 Å². The molecule has 6 nitrogen and oxygen atoms in total. The van der Waals surface area contributed by atoms with E-state index in [-0.39, 0.29) is 5.84 Å². The van der Waals surface area contributed by atoms with Crippen LogP contribution in [0.1, 0.15) is 18.2 Å². The molecule has 0 saturated carbocycles. The first-order valence-corrected chi connectivity index (χ1v) is 5.82. The molecule has 0 atom stereocenters. The normalized spacial score (nSPS) is 11.6. The molecule has 1 aromatic heterocycles. The monoisotopic (exact) mass is 252 g/mol. The van der Waals surface area contributed by atoms with E-state index in [0.29, 0.717) is 12.2 Å². The maximum absolute atomic E-state index is 8.72. The number of anilines is 1. The highest BCUT2D eigenvalue weighted by Crippen LogP contribution is 2.14. The third-order valence-electron chi connectivity index (χ3n) is 2.61. The van der Waals surface area contributed by atoms with E-state index in [9.17, 15) is 0 Å². The van der Waals surface area contributed by atoms with E-state index in [1.54, 1.807) is 19.2 Å². The minimum absolute atomic E-state index is 0.0875. The zero-order valence-corrected chi connectivity index (χ0v) is 11.1. The van der Waals surface area contributed by atoms with Gasteiger partial charge >= 0.3 is 0 Å². The van der Waals surface area contributed by atoms with Crippen molar-refractivity contribution in [2.24, 2.45) is 10.9 Å². The second-order valence-electron chi connectivity index (χ2n) is 3.91. The number of hydrogen-bond donors (Lipinski definition) is 2. The lowest BCUT2D eigenvalue weighted by atomic mass is 10.2. The lowest BCUT2D eigenvalue weighted by Crippen LogP contribution is -2.28. The molecule has 0 unspecified atom stereocenters. The molecule has 1 aromatic rings. The maximum Gasteiger partial charge on any atom is 0.170 e. The Balaban J connectivity index is 3.03. The summed E-state index contributed by atoms with van der Waals surface area (Å²) in [6.45, 7) is 6.11. The van der Waals surface area contributed by atoms with Crippen LogP contribution >= 0.6 is 0 Å². The Morgan fingerprint density at radius 1 is 1.56 bits per heavy atom. The highest BCUT2D eigenvalue weighted by atomic mass is 16.5. The summed E-state index contributed by atoms with van der Waals surface area (Å²) in [6, 6.07) is 3.59. The number of likely N-dealkylation sites (N-methyl/N-ethyl adjacent to an activating group) is 1. The van der Waals surface area contributed by atoms with Gasteiger partial charge in [0.1, 0.15) is 5.82 Å². The topological polar surface area (TPSA) is 84.0 Å². The molecule has 0 bridgehead atoms. The van der Waals surface area contributed by atoms with Crippen molar-refractivity contribution in [3.63, 3.8) is 0 Å². The van der Waals surface area contributed by atoms with Crippen molar-refractivity contribution in [1.82, 2.24) is 4.98 Å². The summed E-state index contributed by atoms with van der Waals surface area (Å²) in [5.41, 5.74) is 7.09. The van der Waals surface area contributed by atoms with Gasteiger partial charge < -0.3 is 20.6 Å². The van der Waals surface area contributed by atoms with Gasteiger partial charge in [0.25, 0.3) is 0 Å². The third-order valence-corrected chi connectivity index (χ3v) is 2.61. The highest BCUT2D eigenvalue weighted by molar-refractivity contribution is 5.97. The van der Waals surface area contributed by atoms with Crippen LogP contribution in [0.3, 0.4) is 0 Å². The summed E-state index contributed by atoms with van der Waals surface area (Å²) >= 11 is 0. The molecule has 0 aromatic carbocycles. The molecule has 0 fully saturated rings. The second-order valence-corrected chi connectivity index (χ2v) is 3.91. The molecule has 3 N–H and O–H groups in total. The van der Waals surface area contributed by atoms with Crippen LogP contribution in [0.25, 0.3) is 0 Å². The lowest BCUT2D eigenvalue weighted by molar-refractivity contribution is 0.205. The summed E-state index contributed by atoms with van der Waals surface area (Å²) in [5, 5.41) is 11.7. The SMILES string of the molecule is CCN(CCOC)c1cc(/C(N)=N/O)cc(C)n1. The predicted molar refractivity (Wildman–Crippen MR) is 71.2 cm³/mol. The fraction of sp³-hybridized carbons (Fsp3) is 0.500. The predicted octanol–water partition coefficient (Wildman–Crippen LogP) is 0.957. The van der Waals surface area contributed by atoms with E-state index >= 15 is 0 Å². The Bertz CT molecular complexity index is 421. The van der Waals surface area contributed by atoms with Gasteiger partial charge in [0.2, 0.25) is 0 Å². The maximum atomic E-state index is 8.72. The molecule has 0 amide bonds. The largest absolute Gasteiger partial charge is 0.409 e. The fourth-order valence-electron chi connectivity index (χ4n) is 1.65. The number of amidine groups is 1. The quantitative estimate of drug-likeness (QED) is 0.341. The summed E-state index contributed by atoms with van der Waals surface area (Å²) in [6.07, 6.45) is 0. The third kappa shape index (κ3) is 3.59. The molecule has 1 heterocycles. The molecule has 6 heteroatoms. The highest BCUT2D eigenvalue weighted by Gasteiger charge is 2.09. The first-order valence-electron chi connectivity index (χ1n) is 5.82. The minimum atomic E-state index is 0.0875. The number of aromatic nitrogens is 1. The number of rotatable bonds is 6. The average Bonchev–Trinajstić information content (AvgIpc) is 2.38. The zero-order valence-electron chi connectivity index (χ0n) is 11.1. The van der Waals surface area contributed by atoms with Crippen LogP contribution in [0.2, 0.25) is 0 Å². The van der Waals surface area contributed by atoms with Crippen LogP contribution < -0.4 is 10.6 Å². The van der Waals surface area contributed by atoms with Crippen molar-refractivity contribution in [2.75, 3.05) is 31.7 Å². The summed E-state index contributed by atoms with van der Waals surface area (Å²) in [5.74, 6) is 0.890. The van der Waals surface area contributed by atoms with Crippen molar-refractivity contribution < 1.29 is 9.94 Å². The van der Waals surface area contributed by atoms with Crippen molar-refractivity contribution in [1.29, 1.82) is 0 Å². The van der Waals surface area contributed by atoms with Crippen LogP contribution in [-0.2, 0) is 4.74 Å². The number of nitrogens with two attached hydrogens (primary N) is 1. The van der Waals surface area contributed by atoms with E-state index in [0.717, 1.165) is 24.6 Å². The van der Waals surface area contributed by atoms with Crippen LogP contribution in [0.5, 0.6) is 0 Å². The molecule has 0 saturated heterocycles. The smallest absolute Gasteiger partial charge is 0.170 e. The molecule has 0 aliphatic carbocycles. The van der Waals surface area contributed by atoms with Crippen LogP contribution in [0.4, 0.5) is 5.82 Å². The molecule has 0 aliphatic heterocycles. The number of ether oxygens (including phenoxy) is 1. The van der Waals surface area contributed by atoms with Crippen molar-refractivity contribution >= 4 is 11.7 Å². The van der Waals surface area contributed by atoms with Gasteiger partial charge in [0.05, 0.1) is 6.61 Å². The second kappa shape index (κ2) is 6.80. The number of pyridine rings is 1.